The first-order valence-electron chi connectivity index (χ1n) is 8.88. The number of aromatic nitrogens is 1. The average Bonchev–Trinajstić information content (AvgIpc) is 3.17. The van der Waals surface area contributed by atoms with Crippen molar-refractivity contribution in [2.24, 2.45) is 4.99 Å². The van der Waals surface area contributed by atoms with Crippen molar-refractivity contribution in [1.82, 2.24) is 15.6 Å². The van der Waals surface area contributed by atoms with E-state index in [1.165, 1.54) is 5.56 Å². The van der Waals surface area contributed by atoms with Crippen LogP contribution in [0, 0.1) is 6.92 Å². The standard InChI is InChI=1S/C21H24N4O2/c1-16-7-6-10-19(13-16)26-12-11-23-21(22-2)24-14-18-15-27-20(25-18)17-8-4-3-5-9-17/h3-10,13,15H,11-12,14H2,1-2H3,(H2,22,23,24). The number of hydrogen-bond donors (Lipinski definition) is 2. The lowest BCUT2D eigenvalue weighted by molar-refractivity contribution is 0.321. The molecule has 0 atom stereocenters. The zero-order valence-electron chi connectivity index (χ0n) is 15.6. The van der Waals surface area contributed by atoms with Gasteiger partial charge in [-0.15, -0.1) is 0 Å². The Hall–Kier alpha value is -3.28. The number of rotatable bonds is 7. The van der Waals surface area contributed by atoms with Gasteiger partial charge in [0, 0.05) is 12.6 Å². The van der Waals surface area contributed by atoms with Gasteiger partial charge < -0.3 is 19.8 Å². The van der Waals surface area contributed by atoms with Gasteiger partial charge in [0.2, 0.25) is 5.89 Å². The smallest absolute Gasteiger partial charge is 0.226 e. The molecule has 0 fully saturated rings. The summed E-state index contributed by atoms with van der Waals surface area (Å²) in [6, 6.07) is 17.8. The van der Waals surface area contributed by atoms with E-state index in [1.54, 1.807) is 13.3 Å². The molecule has 140 valence electrons. The van der Waals surface area contributed by atoms with E-state index in [0.717, 1.165) is 17.0 Å². The normalized spacial score (nSPS) is 11.3. The Balaban J connectivity index is 1.42. The maximum atomic E-state index is 5.72. The van der Waals surface area contributed by atoms with E-state index in [-0.39, 0.29) is 0 Å². The summed E-state index contributed by atoms with van der Waals surface area (Å²) in [7, 11) is 1.73. The van der Waals surface area contributed by atoms with Crippen LogP contribution in [-0.4, -0.2) is 31.1 Å². The topological polar surface area (TPSA) is 71.7 Å². The second-order valence-electron chi connectivity index (χ2n) is 6.03. The van der Waals surface area contributed by atoms with E-state index >= 15 is 0 Å². The number of oxazole rings is 1. The Morgan fingerprint density at radius 2 is 1.96 bits per heavy atom. The summed E-state index contributed by atoms with van der Waals surface area (Å²) >= 11 is 0. The van der Waals surface area contributed by atoms with E-state index in [1.807, 2.05) is 61.5 Å². The number of benzene rings is 2. The second-order valence-corrected chi connectivity index (χ2v) is 6.03. The summed E-state index contributed by atoms with van der Waals surface area (Å²) in [5, 5.41) is 6.44. The first-order chi connectivity index (χ1) is 13.2. The molecule has 6 nitrogen and oxygen atoms in total. The minimum Gasteiger partial charge on any atom is -0.492 e. The maximum Gasteiger partial charge on any atom is 0.226 e. The third kappa shape index (κ3) is 5.60. The molecule has 0 aliphatic heterocycles. The highest BCUT2D eigenvalue weighted by molar-refractivity contribution is 5.79. The first-order valence-corrected chi connectivity index (χ1v) is 8.88. The third-order valence-corrected chi connectivity index (χ3v) is 3.89. The van der Waals surface area contributed by atoms with Crippen molar-refractivity contribution >= 4 is 5.96 Å². The summed E-state index contributed by atoms with van der Waals surface area (Å²) < 4.78 is 11.3. The van der Waals surface area contributed by atoms with Gasteiger partial charge in [-0.25, -0.2) is 4.98 Å². The van der Waals surface area contributed by atoms with Crippen LogP contribution < -0.4 is 15.4 Å². The number of aliphatic imine (C=N–C) groups is 1. The molecular formula is C21H24N4O2. The summed E-state index contributed by atoms with van der Waals surface area (Å²) in [5.41, 5.74) is 2.95. The fraction of sp³-hybridized carbons (Fsp3) is 0.238. The van der Waals surface area contributed by atoms with Gasteiger partial charge in [0.05, 0.1) is 18.8 Å². The van der Waals surface area contributed by atoms with Crippen LogP contribution in [0.15, 0.2) is 70.3 Å². The maximum absolute atomic E-state index is 5.72. The highest BCUT2D eigenvalue weighted by Crippen LogP contribution is 2.17. The highest BCUT2D eigenvalue weighted by atomic mass is 16.5. The molecule has 6 heteroatoms. The van der Waals surface area contributed by atoms with Crippen molar-refractivity contribution in [3.8, 4) is 17.2 Å². The lowest BCUT2D eigenvalue weighted by atomic mass is 10.2. The van der Waals surface area contributed by atoms with Crippen molar-refractivity contribution in [2.75, 3.05) is 20.2 Å². The van der Waals surface area contributed by atoms with E-state index in [4.69, 9.17) is 9.15 Å². The number of guanidine groups is 1. The van der Waals surface area contributed by atoms with Crippen LogP contribution in [0.2, 0.25) is 0 Å². The lowest BCUT2D eigenvalue weighted by Crippen LogP contribution is -2.38. The predicted molar refractivity (Wildman–Crippen MR) is 107 cm³/mol. The average molecular weight is 364 g/mol. The molecule has 0 amide bonds. The second kappa shape index (κ2) is 9.43. The molecule has 0 bridgehead atoms. The van der Waals surface area contributed by atoms with Crippen LogP contribution in [0.4, 0.5) is 0 Å². The van der Waals surface area contributed by atoms with E-state index in [0.29, 0.717) is 31.5 Å². The molecule has 3 rings (SSSR count). The van der Waals surface area contributed by atoms with E-state index in [9.17, 15) is 0 Å². The molecule has 2 N–H and O–H groups in total. The van der Waals surface area contributed by atoms with Crippen LogP contribution in [0.1, 0.15) is 11.3 Å². The molecule has 27 heavy (non-hydrogen) atoms. The van der Waals surface area contributed by atoms with E-state index in [2.05, 4.69) is 20.6 Å². The van der Waals surface area contributed by atoms with Gasteiger partial charge in [0.15, 0.2) is 5.96 Å². The summed E-state index contributed by atoms with van der Waals surface area (Å²) in [6.07, 6.45) is 1.66. The summed E-state index contributed by atoms with van der Waals surface area (Å²) in [4.78, 5) is 8.70. The van der Waals surface area contributed by atoms with Gasteiger partial charge in [-0.1, -0.05) is 30.3 Å². The molecule has 3 aromatic rings. The molecule has 0 saturated carbocycles. The van der Waals surface area contributed by atoms with Gasteiger partial charge >= 0.3 is 0 Å². The van der Waals surface area contributed by atoms with Crippen LogP contribution >= 0.6 is 0 Å². The monoisotopic (exact) mass is 364 g/mol. The van der Waals surface area contributed by atoms with Crippen molar-refractivity contribution in [3.05, 3.63) is 72.1 Å². The quantitative estimate of drug-likeness (QED) is 0.382. The molecule has 0 aliphatic carbocycles. The molecule has 0 aliphatic rings. The number of aryl methyl sites for hydroxylation is 1. The molecule has 1 aromatic heterocycles. The predicted octanol–water partition coefficient (Wildman–Crippen LogP) is 3.39. The highest BCUT2D eigenvalue weighted by Gasteiger charge is 2.07. The Bertz CT molecular complexity index is 875. The fourth-order valence-corrected chi connectivity index (χ4v) is 2.54. The molecule has 0 spiro atoms. The Kier molecular flexibility index (Phi) is 6.46. The Morgan fingerprint density at radius 3 is 2.74 bits per heavy atom. The van der Waals surface area contributed by atoms with Crippen molar-refractivity contribution in [2.45, 2.75) is 13.5 Å². The first kappa shape index (κ1) is 18.5. The number of hydrogen-bond acceptors (Lipinski definition) is 4. The molecule has 0 saturated heterocycles. The van der Waals surface area contributed by atoms with Gasteiger partial charge in [-0.2, -0.15) is 0 Å². The summed E-state index contributed by atoms with van der Waals surface area (Å²) in [5.74, 6) is 2.17. The van der Waals surface area contributed by atoms with Crippen LogP contribution in [0.25, 0.3) is 11.5 Å². The van der Waals surface area contributed by atoms with Gasteiger partial charge in [-0.05, 0) is 36.8 Å². The minimum atomic E-state index is 0.523. The zero-order chi connectivity index (χ0) is 18.9. The van der Waals surface area contributed by atoms with Gasteiger partial charge in [0.25, 0.3) is 0 Å². The molecular weight excluding hydrogens is 340 g/mol. The SMILES string of the molecule is CN=C(NCCOc1cccc(C)c1)NCc1coc(-c2ccccc2)n1. The van der Waals surface area contributed by atoms with Crippen LogP contribution in [-0.2, 0) is 6.54 Å². The molecule has 0 radical (unpaired) electrons. The number of nitrogens with one attached hydrogen (secondary N) is 2. The van der Waals surface area contributed by atoms with Gasteiger partial charge in [0.1, 0.15) is 18.6 Å². The number of nitrogens with zero attached hydrogens (tertiary/aromatic N) is 2. The third-order valence-electron chi connectivity index (χ3n) is 3.89. The Morgan fingerprint density at radius 1 is 1.11 bits per heavy atom. The Labute approximate surface area is 159 Å². The van der Waals surface area contributed by atoms with Gasteiger partial charge in [-0.3, -0.25) is 4.99 Å². The minimum absolute atomic E-state index is 0.523. The summed E-state index contributed by atoms with van der Waals surface area (Å²) in [6.45, 7) is 3.76. The van der Waals surface area contributed by atoms with Crippen molar-refractivity contribution in [1.29, 1.82) is 0 Å². The van der Waals surface area contributed by atoms with Crippen molar-refractivity contribution < 1.29 is 9.15 Å². The van der Waals surface area contributed by atoms with Crippen molar-refractivity contribution in [3.63, 3.8) is 0 Å². The van der Waals surface area contributed by atoms with E-state index < -0.39 is 0 Å². The molecule has 0 unspecified atom stereocenters. The lowest BCUT2D eigenvalue weighted by Gasteiger charge is -2.12. The fourth-order valence-electron chi connectivity index (χ4n) is 2.54. The number of ether oxygens (including phenoxy) is 1. The largest absolute Gasteiger partial charge is 0.492 e. The molecule has 2 aromatic carbocycles. The zero-order valence-corrected chi connectivity index (χ0v) is 15.6. The van der Waals surface area contributed by atoms with Crippen LogP contribution in [0.3, 0.4) is 0 Å². The molecule has 1 heterocycles. The van der Waals surface area contributed by atoms with Crippen LogP contribution in [0.5, 0.6) is 5.75 Å².